The largest absolute Gasteiger partial charge is 0.543 e. The zero-order valence-electron chi connectivity index (χ0n) is 49.4. The lowest BCUT2D eigenvalue weighted by Crippen LogP contribution is -2.45. The Morgan fingerprint density at radius 2 is 0.765 bits per heavy atom. The number of ether oxygens (including phenoxy) is 9. The first-order valence-electron chi connectivity index (χ1n) is 27.0. The molecule has 3 aromatic heterocycles. The number of aromatic carboxylic acids is 3. The van der Waals surface area contributed by atoms with Crippen LogP contribution in [0.5, 0.6) is 51.7 Å². The van der Waals surface area contributed by atoms with Gasteiger partial charge in [-0.2, -0.15) is 0 Å². The van der Waals surface area contributed by atoms with Crippen LogP contribution in [0.3, 0.4) is 0 Å². The minimum Gasteiger partial charge on any atom is -0.543 e. The number of nitrogens with one attached hydrogen (secondary N) is 1. The van der Waals surface area contributed by atoms with E-state index in [-0.39, 0.29) is 48.5 Å². The van der Waals surface area contributed by atoms with Gasteiger partial charge < -0.3 is 77.7 Å². The van der Waals surface area contributed by atoms with Crippen molar-refractivity contribution in [2.24, 2.45) is 5.92 Å². The van der Waals surface area contributed by atoms with Gasteiger partial charge in [0.1, 0.15) is 51.7 Å². The van der Waals surface area contributed by atoms with Gasteiger partial charge in [-0.1, -0.05) is 6.58 Å². The molecule has 0 saturated carbocycles. The molecule has 0 spiro atoms. The molecule has 1 aliphatic rings. The lowest BCUT2D eigenvalue weighted by molar-refractivity contribution is -0.256. The Kier molecular flexibility index (Phi) is 21.9. The summed E-state index contributed by atoms with van der Waals surface area (Å²) in [4.78, 5) is 71.2. The first kappa shape index (κ1) is 63.4. The van der Waals surface area contributed by atoms with Crippen molar-refractivity contribution in [3.05, 3.63) is 119 Å². The highest BCUT2D eigenvalue weighted by molar-refractivity contribution is 5.92. The van der Waals surface area contributed by atoms with Crippen LogP contribution in [0.4, 0.5) is 0 Å². The first-order valence-corrected chi connectivity index (χ1v) is 27.0. The van der Waals surface area contributed by atoms with Crippen molar-refractivity contribution in [2.45, 2.75) is 39.4 Å². The number of amides is 1. The molecule has 7 rings (SSSR count). The zero-order valence-corrected chi connectivity index (χ0v) is 49.4. The van der Waals surface area contributed by atoms with Crippen LogP contribution in [0.2, 0.25) is 0 Å². The maximum atomic E-state index is 12.8. The van der Waals surface area contributed by atoms with Crippen LogP contribution in [0, 0.1) is 5.92 Å². The quantitative estimate of drug-likeness (QED) is 0.0594. The van der Waals surface area contributed by atoms with E-state index in [4.69, 9.17) is 42.6 Å². The van der Waals surface area contributed by atoms with Gasteiger partial charge in [0.25, 0.3) is 0 Å². The first-order chi connectivity index (χ1) is 40.8. The maximum absolute atomic E-state index is 12.8. The third-order valence-electron chi connectivity index (χ3n) is 14.4. The molecule has 23 heteroatoms. The molecule has 0 radical (unpaired) electrons. The zero-order chi connectivity index (χ0) is 61.5. The molecule has 1 aliphatic heterocycles. The smallest absolute Gasteiger partial charge is 0.246 e. The predicted octanol–water partition coefficient (Wildman–Crippen LogP) is 3.95. The van der Waals surface area contributed by atoms with Crippen molar-refractivity contribution in [1.82, 2.24) is 35.0 Å². The molecule has 452 valence electrons. The predicted molar refractivity (Wildman–Crippen MR) is 307 cm³/mol. The van der Waals surface area contributed by atoms with Gasteiger partial charge in [0, 0.05) is 107 Å². The molecular formula is C62H70N7O16-3. The number of carbonyl (C=O) groups excluding carboxylic acids is 4. The molecule has 1 N–H and O–H groups in total. The van der Waals surface area contributed by atoms with E-state index in [1.54, 1.807) is 61.5 Å². The van der Waals surface area contributed by atoms with Gasteiger partial charge in [-0.3, -0.25) is 34.4 Å². The number of aromatic nitrogens is 3. The van der Waals surface area contributed by atoms with Crippen molar-refractivity contribution in [3.63, 3.8) is 0 Å². The summed E-state index contributed by atoms with van der Waals surface area (Å²) in [6.45, 7) is 8.36. The van der Waals surface area contributed by atoms with Crippen molar-refractivity contribution in [1.29, 1.82) is 0 Å². The van der Waals surface area contributed by atoms with Crippen molar-refractivity contribution < 1.29 is 77.1 Å². The Morgan fingerprint density at radius 3 is 1.04 bits per heavy atom. The van der Waals surface area contributed by atoms with E-state index >= 15 is 0 Å². The number of benzene rings is 3. The standard InChI is InChI=1S/C62H73N7O16/c1-36(2)59(70)63-14-12-13-37-31-68(34-42-20-39(23-48(65-42)61(73)74)57-52(82-8)27-45(78-4)28-53(57)83-9)17-15-67(33-41-19-38(22-47(64-41)60(71)72)56-50(80-6)25-44(77-3)26-51(56)81-7)16-18-69(32-37)35-43-21-40(24-49(66-43)62(75)76)58-54(84-10)29-46(79-5)30-55(58)85-11/h19-30,37H,1,12-18,31-35H2,2-11H3,(H,63,70)(H,71,72)(H,73,74)(H,75,76)/p-3. The van der Waals surface area contributed by atoms with Crippen LogP contribution >= 0.6 is 0 Å². The van der Waals surface area contributed by atoms with Gasteiger partial charge in [0.15, 0.2) is 0 Å². The Hall–Kier alpha value is -9.19. The average molecular weight is 1170 g/mol. The third kappa shape index (κ3) is 15.9. The molecule has 0 aliphatic carbocycles. The number of carboxylic acid groups (broad SMARTS) is 3. The molecule has 1 amide bonds. The van der Waals surface area contributed by atoms with Crippen LogP contribution in [-0.2, 0) is 24.4 Å². The number of methoxy groups -OCH3 is 9. The number of pyridine rings is 3. The molecule has 0 bridgehead atoms. The number of rotatable bonds is 26. The summed E-state index contributed by atoms with van der Waals surface area (Å²) in [5, 5.41) is 41.3. The van der Waals surface area contributed by atoms with Crippen molar-refractivity contribution in [2.75, 3.05) is 110 Å². The SMILES string of the molecule is C=C(C)C(=O)NCCCC1CN(Cc2cc(-c3c(OC)cc(OC)cc3OC)cc(C(=O)[O-])n2)CCN(Cc2cc(-c3c(OC)cc(OC)cc3OC)cc(C(=O)[O-])n2)CCN(Cc2cc(-c3c(OC)cc(OC)cc3OC)cc(C(=O)[O-])n2)C1. The normalized spacial score (nSPS) is 13.5. The third-order valence-corrected chi connectivity index (χ3v) is 14.4. The Morgan fingerprint density at radius 1 is 0.471 bits per heavy atom. The van der Waals surface area contributed by atoms with E-state index in [0.717, 1.165) is 0 Å². The Balaban J connectivity index is 1.36. The number of nitrogens with zero attached hydrogens (tertiary/aromatic N) is 6. The molecule has 0 unspecified atom stereocenters. The number of hydrogen-bond acceptors (Lipinski definition) is 22. The molecule has 23 nitrogen and oxygen atoms in total. The van der Waals surface area contributed by atoms with E-state index in [0.29, 0.717) is 166 Å². The van der Waals surface area contributed by atoms with Crippen LogP contribution in [0.25, 0.3) is 33.4 Å². The molecule has 3 aromatic carbocycles. The Bertz CT molecular complexity index is 3190. The fourth-order valence-electron chi connectivity index (χ4n) is 10.3. The molecule has 1 saturated heterocycles. The summed E-state index contributed by atoms with van der Waals surface area (Å²) in [5.41, 5.74) is 3.11. The highest BCUT2D eigenvalue weighted by Crippen LogP contribution is 2.45. The van der Waals surface area contributed by atoms with Gasteiger partial charge in [0.2, 0.25) is 5.91 Å². The molecule has 6 aromatic rings. The fourth-order valence-corrected chi connectivity index (χ4v) is 10.3. The topological polar surface area (TPSA) is 281 Å². The fraction of sp³-hybridized carbons (Fsp3) is 0.371. The second kappa shape index (κ2) is 29.4. The lowest BCUT2D eigenvalue weighted by Gasteiger charge is -2.36. The summed E-state index contributed by atoms with van der Waals surface area (Å²) < 4.78 is 51.2. The molecule has 1 fully saturated rings. The van der Waals surface area contributed by atoms with Crippen LogP contribution in [0.1, 0.15) is 68.3 Å². The van der Waals surface area contributed by atoms with E-state index < -0.39 is 17.9 Å². The second-order valence-electron chi connectivity index (χ2n) is 20.1. The average Bonchev–Trinajstić information content (AvgIpc) is 2.45. The minimum absolute atomic E-state index is 0.113. The minimum atomic E-state index is -1.51. The van der Waals surface area contributed by atoms with E-state index in [9.17, 15) is 34.5 Å². The highest BCUT2D eigenvalue weighted by atomic mass is 16.5. The number of carbonyl (C=O) groups is 4. The van der Waals surface area contributed by atoms with Crippen LogP contribution in [0.15, 0.2) is 84.9 Å². The van der Waals surface area contributed by atoms with Gasteiger partial charge in [-0.05, 0) is 78.8 Å². The van der Waals surface area contributed by atoms with E-state index in [2.05, 4.69) is 41.5 Å². The van der Waals surface area contributed by atoms with Gasteiger partial charge >= 0.3 is 0 Å². The van der Waals surface area contributed by atoms with Gasteiger partial charge in [-0.25, -0.2) is 0 Å². The summed E-state index contributed by atoms with van der Waals surface area (Å²) in [5.74, 6) is -1.51. The van der Waals surface area contributed by atoms with Crippen molar-refractivity contribution >= 4 is 23.8 Å². The summed E-state index contributed by atoms with van der Waals surface area (Å²) in [6.07, 6.45) is 1.15. The van der Waals surface area contributed by atoms with Crippen LogP contribution in [-0.4, -0.2) is 163 Å². The molecule has 0 atom stereocenters. The number of hydrogen-bond donors (Lipinski definition) is 1. The summed E-state index contributed by atoms with van der Waals surface area (Å²) in [6, 6.07) is 19.4. The molecule has 85 heavy (non-hydrogen) atoms. The highest BCUT2D eigenvalue weighted by Gasteiger charge is 2.27. The van der Waals surface area contributed by atoms with E-state index in [1.165, 1.54) is 82.2 Å². The Labute approximate surface area is 493 Å². The summed E-state index contributed by atoms with van der Waals surface area (Å²) in [7, 11) is 13.4. The molecule has 4 heterocycles. The number of carboxylic acids is 3. The van der Waals surface area contributed by atoms with E-state index in [1.807, 2.05) is 0 Å². The lowest BCUT2D eigenvalue weighted by atomic mass is 9.99. The van der Waals surface area contributed by atoms with Gasteiger partial charge in [-0.15, -0.1) is 0 Å². The maximum Gasteiger partial charge on any atom is 0.246 e. The van der Waals surface area contributed by atoms with Crippen LogP contribution < -0.4 is 63.3 Å². The summed E-state index contributed by atoms with van der Waals surface area (Å²) >= 11 is 0. The van der Waals surface area contributed by atoms with Gasteiger partial charge in [0.05, 0.1) is 133 Å². The molecular weight excluding hydrogens is 1100 g/mol. The van der Waals surface area contributed by atoms with Crippen molar-refractivity contribution in [3.8, 4) is 85.1 Å². The monoisotopic (exact) mass is 1170 g/mol. The second-order valence-corrected chi connectivity index (χ2v) is 20.1.